The van der Waals surface area contributed by atoms with Gasteiger partial charge in [-0.2, -0.15) is 5.26 Å². The Morgan fingerprint density at radius 2 is 2.06 bits per heavy atom. The van der Waals surface area contributed by atoms with Crippen LogP contribution < -0.4 is 4.90 Å². The van der Waals surface area contributed by atoms with Crippen molar-refractivity contribution in [1.29, 1.82) is 5.26 Å². The third-order valence-corrected chi connectivity index (χ3v) is 2.36. The number of anilines is 1. The van der Waals surface area contributed by atoms with Crippen molar-refractivity contribution < 1.29 is 0 Å². The maximum Gasteiger partial charge on any atom is 0.146 e. The lowest BCUT2D eigenvalue weighted by Crippen LogP contribution is -2.35. The normalized spacial score (nSPS) is 10.6. The minimum absolute atomic E-state index is 0.351. The van der Waals surface area contributed by atoms with Gasteiger partial charge >= 0.3 is 0 Å². The van der Waals surface area contributed by atoms with E-state index in [2.05, 4.69) is 43.6 Å². The summed E-state index contributed by atoms with van der Waals surface area (Å²) in [5, 5.41) is 9.07. The molecule has 0 aliphatic carbocycles. The van der Waals surface area contributed by atoms with Crippen LogP contribution in [0.5, 0.6) is 0 Å². The van der Waals surface area contributed by atoms with E-state index in [1.165, 1.54) is 0 Å². The predicted molar refractivity (Wildman–Crippen MR) is 66.3 cm³/mol. The van der Waals surface area contributed by atoms with Gasteiger partial charge in [-0.15, -0.1) is 0 Å². The molecule has 0 aliphatic heterocycles. The van der Waals surface area contributed by atoms with E-state index in [1.807, 2.05) is 6.07 Å². The van der Waals surface area contributed by atoms with Gasteiger partial charge < -0.3 is 4.90 Å². The highest BCUT2D eigenvalue weighted by Gasteiger charge is 2.16. The monoisotopic (exact) mass is 217 g/mol. The molecule has 0 aliphatic rings. The van der Waals surface area contributed by atoms with Crippen LogP contribution in [0.3, 0.4) is 0 Å². The summed E-state index contributed by atoms with van der Waals surface area (Å²) in [6.45, 7) is 9.51. The zero-order valence-corrected chi connectivity index (χ0v) is 10.4. The molecule has 3 nitrogen and oxygen atoms in total. The van der Waals surface area contributed by atoms with Crippen molar-refractivity contribution in [3.8, 4) is 6.07 Å². The molecule has 1 aromatic rings. The van der Waals surface area contributed by atoms with Gasteiger partial charge in [-0.05, 0) is 31.9 Å². The molecule has 0 bridgehead atoms. The zero-order chi connectivity index (χ0) is 12.1. The van der Waals surface area contributed by atoms with Crippen LogP contribution in [0.15, 0.2) is 18.3 Å². The maximum absolute atomic E-state index is 9.07. The second-order valence-corrected chi connectivity index (χ2v) is 4.63. The first-order chi connectivity index (χ1) is 7.56. The Morgan fingerprint density at radius 1 is 1.38 bits per heavy atom. The van der Waals surface area contributed by atoms with Gasteiger partial charge in [0.15, 0.2) is 0 Å². The summed E-state index contributed by atoms with van der Waals surface area (Å²) < 4.78 is 0. The van der Waals surface area contributed by atoms with Gasteiger partial charge in [0.25, 0.3) is 0 Å². The SMILES string of the molecule is CC(C)CN(c1ncccc1C#N)C(C)C. The third-order valence-electron chi connectivity index (χ3n) is 2.36. The van der Waals surface area contributed by atoms with Crippen LogP contribution in [-0.4, -0.2) is 17.6 Å². The summed E-state index contributed by atoms with van der Waals surface area (Å²) in [5.41, 5.74) is 0.650. The molecule has 1 aromatic heterocycles. The van der Waals surface area contributed by atoms with E-state index in [0.717, 1.165) is 12.4 Å². The van der Waals surface area contributed by atoms with Gasteiger partial charge in [0.05, 0.1) is 5.56 Å². The Balaban J connectivity index is 3.06. The Labute approximate surface area is 97.7 Å². The van der Waals surface area contributed by atoms with Gasteiger partial charge in [-0.3, -0.25) is 0 Å². The molecule has 16 heavy (non-hydrogen) atoms. The molecule has 0 saturated heterocycles. The van der Waals surface area contributed by atoms with Crippen molar-refractivity contribution >= 4 is 5.82 Å². The number of rotatable bonds is 4. The largest absolute Gasteiger partial charge is 0.353 e. The summed E-state index contributed by atoms with van der Waals surface area (Å²) in [6.07, 6.45) is 1.74. The quantitative estimate of drug-likeness (QED) is 0.778. The van der Waals surface area contributed by atoms with Crippen molar-refractivity contribution in [2.45, 2.75) is 33.7 Å². The molecule has 0 N–H and O–H groups in total. The predicted octanol–water partition coefficient (Wildman–Crippen LogP) is 2.82. The van der Waals surface area contributed by atoms with Crippen molar-refractivity contribution in [3.63, 3.8) is 0 Å². The van der Waals surface area contributed by atoms with Gasteiger partial charge in [-0.25, -0.2) is 4.98 Å². The van der Waals surface area contributed by atoms with Gasteiger partial charge in [0.1, 0.15) is 11.9 Å². The second kappa shape index (κ2) is 5.50. The first-order valence-corrected chi connectivity index (χ1v) is 5.68. The minimum Gasteiger partial charge on any atom is -0.353 e. The van der Waals surface area contributed by atoms with Crippen LogP contribution in [-0.2, 0) is 0 Å². The maximum atomic E-state index is 9.07. The molecule has 0 atom stereocenters. The average molecular weight is 217 g/mol. The lowest BCUT2D eigenvalue weighted by atomic mass is 10.1. The van der Waals surface area contributed by atoms with Crippen LogP contribution in [0.4, 0.5) is 5.82 Å². The Morgan fingerprint density at radius 3 is 2.56 bits per heavy atom. The summed E-state index contributed by atoms with van der Waals surface area (Å²) in [7, 11) is 0. The van der Waals surface area contributed by atoms with Crippen LogP contribution in [0, 0.1) is 17.2 Å². The molecule has 0 amide bonds. The van der Waals surface area contributed by atoms with Crippen molar-refractivity contribution in [3.05, 3.63) is 23.9 Å². The van der Waals surface area contributed by atoms with Gasteiger partial charge in [0.2, 0.25) is 0 Å². The van der Waals surface area contributed by atoms with E-state index < -0.39 is 0 Å². The van der Waals surface area contributed by atoms with Gasteiger partial charge in [-0.1, -0.05) is 13.8 Å². The number of hydrogen-bond acceptors (Lipinski definition) is 3. The van der Waals surface area contributed by atoms with E-state index in [4.69, 9.17) is 5.26 Å². The Bertz CT molecular complexity index is 377. The lowest BCUT2D eigenvalue weighted by molar-refractivity contribution is 0.566. The minimum atomic E-state index is 0.351. The molecule has 1 rings (SSSR count). The number of pyridine rings is 1. The smallest absolute Gasteiger partial charge is 0.146 e. The standard InChI is InChI=1S/C13H19N3/c1-10(2)9-16(11(3)4)13-12(8-14)6-5-7-15-13/h5-7,10-11H,9H2,1-4H3. The first kappa shape index (κ1) is 12.5. The Hall–Kier alpha value is -1.56. The molecule has 1 heterocycles. The van der Waals surface area contributed by atoms with E-state index in [9.17, 15) is 0 Å². The second-order valence-electron chi connectivity index (χ2n) is 4.63. The van der Waals surface area contributed by atoms with Crippen molar-refractivity contribution in [2.24, 2.45) is 5.92 Å². The molecule has 0 unspecified atom stereocenters. The molecule has 3 heteroatoms. The van der Waals surface area contributed by atoms with E-state index >= 15 is 0 Å². The molecule has 0 spiro atoms. The third kappa shape index (κ3) is 2.96. The number of hydrogen-bond donors (Lipinski definition) is 0. The molecule has 0 radical (unpaired) electrons. The molecule has 0 aromatic carbocycles. The molecular formula is C13H19N3. The van der Waals surface area contributed by atoms with Crippen LogP contribution in [0.25, 0.3) is 0 Å². The van der Waals surface area contributed by atoms with Crippen LogP contribution in [0.2, 0.25) is 0 Å². The average Bonchev–Trinajstić information content (AvgIpc) is 2.25. The van der Waals surface area contributed by atoms with Crippen molar-refractivity contribution in [2.75, 3.05) is 11.4 Å². The van der Waals surface area contributed by atoms with E-state index in [1.54, 1.807) is 12.3 Å². The molecular weight excluding hydrogens is 198 g/mol. The summed E-state index contributed by atoms with van der Waals surface area (Å²) in [4.78, 5) is 6.51. The highest BCUT2D eigenvalue weighted by Crippen LogP contribution is 2.19. The number of nitrogens with zero attached hydrogens (tertiary/aromatic N) is 3. The topological polar surface area (TPSA) is 39.9 Å². The summed E-state index contributed by atoms with van der Waals surface area (Å²) >= 11 is 0. The van der Waals surface area contributed by atoms with Crippen LogP contribution >= 0.6 is 0 Å². The highest BCUT2D eigenvalue weighted by molar-refractivity contribution is 5.53. The highest BCUT2D eigenvalue weighted by atomic mass is 15.2. The first-order valence-electron chi connectivity index (χ1n) is 5.68. The van der Waals surface area contributed by atoms with Crippen molar-refractivity contribution in [1.82, 2.24) is 4.98 Å². The number of nitriles is 1. The molecule has 86 valence electrons. The summed E-state index contributed by atoms with van der Waals surface area (Å²) in [6, 6.07) is 6.17. The number of aromatic nitrogens is 1. The molecule has 0 saturated carbocycles. The van der Waals surface area contributed by atoms with E-state index in [-0.39, 0.29) is 0 Å². The fraction of sp³-hybridized carbons (Fsp3) is 0.538. The Kier molecular flexibility index (Phi) is 4.30. The fourth-order valence-corrected chi connectivity index (χ4v) is 1.65. The zero-order valence-electron chi connectivity index (χ0n) is 10.4. The van der Waals surface area contributed by atoms with E-state index in [0.29, 0.717) is 17.5 Å². The molecule has 0 fully saturated rings. The fourth-order valence-electron chi connectivity index (χ4n) is 1.65. The van der Waals surface area contributed by atoms with Crippen LogP contribution in [0.1, 0.15) is 33.3 Å². The lowest BCUT2D eigenvalue weighted by Gasteiger charge is -2.30. The summed E-state index contributed by atoms with van der Waals surface area (Å²) in [5.74, 6) is 1.35. The van der Waals surface area contributed by atoms with Gasteiger partial charge in [0, 0.05) is 18.8 Å².